The zero-order chi connectivity index (χ0) is 7.84. The predicted molar refractivity (Wildman–Crippen MR) is 37.7 cm³/mol. The number of nitrogens with one attached hydrogen (secondary N) is 2. The highest BCUT2D eigenvalue weighted by Gasteiger charge is 2.38. The molecule has 2 N–H and O–H groups in total. The van der Waals surface area contributed by atoms with Crippen LogP contribution in [0.2, 0.25) is 0 Å². The zero-order valence-electron chi connectivity index (χ0n) is 6.09. The first-order chi connectivity index (χ1) is 5.27. The van der Waals surface area contributed by atoms with Gasteiger partial charge >= 0.3 is 0 Å². The van der Waals surface area contributed by atoms with Crippen molar-refractivity contribution in [2.24, 2.45) is 5.92 Å². The maximum atomic E-state index is 11.0. The van der Waals surface area contributed by atoms with Crippen LogP contribution in [0, 0.1) is 5.92 Å². The topological polar surface area (TPSA) is 58.2 Å². The molecule has 0 spiro atoms. The number of hydrogen-bond donors (Lipinski definition) is 2. The molecule has 2 saturated heterocycles. The van der Waals surface area contributed by atoms with Crippen LogP contribution in [-0.2, 0) is 9.59 Å². The van der Waals surface area contributed by atoms with Gasteiger partial charge in [0.1, 0.15) is 6.04 Å². The number of carbonyl (C=O) groups is 2. The van der Waals surface area contributed by atoms with E-state index in [9.17, 15) is 9.59 Å². The molecule has 60 valence electrons. The van der Waals surface area contributed by atoms with Crippen molar-refractivity contribution >= 4 is 11.8 Å². The first-order valence-corrected chi connectivity index (χ1v) is 3.84. The molecule has 0 saturated carbocycles. The van der Waals surface area contributed by atoms with Gasteiger partial charge < -0.3 is 10.6 Å². The van der Waals surface area contributed by atoms with E-state index >= 15 is 0 Å². The largest absolute Gasteiger partial charge is 0.354 e. The molecule has 2 heterocycles. The fraction of sp³-hybridized carbons (Fsp3) is 0.714. The first kappa shape index (κ1) is 6.64. The maximum absolute atomic E-state index is 11.0. The molecule has 2 amide bonds. The van der Waals surface area contributed by atoms with Crippen LogP contribution in [-0.4, -0.2) is 24.4 Å². The Balaban J connectivity index is 2.13. The van der Waals surface area contributed by atoms with E-state index < -0.39 is 0 Å². The third-order valence-corrected chi connectivity index (χ3v) is 2.35. The summed E-state index contributed by atoms with van der Waals surface area (Å²) < 4.78 is 0. The second-order valence-electron chi connectivity index (χ2n) is 3.09. The molecule has 0 aromatic heterocycles. The van der Waals surface area contributed by atoms with Crippen molar-refractivity contribution in [3.05, 3.63) is 0 Å². The molecule has 0 aromatic rings. The Hall–Kier alpha value is -1.06. The van der Waals surface area contributed by atoms with Crippen molar-refractivity contribution in [2.75, 3.05) is 6.54 Å². The van der Waals surface area contributed by atoms with E-state index in [0.29, 0.717) is 12.3 Å². The Morgan fingerprint density at radius 3 is 3.00 bits per heavy atom. The summed E-state index contributed by atoms with van der Waals surface area (Å²) in [5, 5.41) is 5.41. The summed E-state index contributed by atoms with van der Waals surface area (Å²) in [4.78, 5) is 21.9. The SMILES string of the molecule is O=C1CCC2CNC(=O)C2N1. The minimum Gasteiger partial charge on any atom is -0.354 e. The van der Waals surface area contributed by atoms with E-state index in [4.69, 9.17) is 0 Å². The van der Waals surface area contributed by atoms with Crippen molar-refractivity contribution < 1.29 is 9.59 Å². The van der Waals surface area contributed by atoms with Gasteiger partial charge in [0.25, 0.3) is 0 Å². The summed E-state index contributed by atoms with van der Waals surface area (Å²) >= 11 is 0. The Bertz CT molecular complexity index is 214. The minimum absolute atomic E-state index is 0.00306. The monoisotopic (exact) mass is 154 g/mol. The molecule has 2 atom stereocenters. The molecule has 2 unspecified atom stereocenters. The second-order valence-corrected chi connectivity index (χ2v) is 3.09. The average molecular weight is 154 g/mol. The minimum atomic E-state index is -0.240. The molecule has 0 aromatic carbocycles. The van der Waals surface area contributed by atoms with Crippen molar-refractivity contribution in [1.29, 1.82) is 0 Å². The van der Waals surface area contributed by atoms with E-state index in [0.717, 1.165) is 13.0 Å². The Morgan fingerprint density at radius 2 is 2.18 bits per heavy atom. The van der Waals surface area contributed by atoms with Gasteiger partial charge in [0.2, 0.25) is 11.8 Å². The lowest BCUT2D eigenvalue weighted by Crippen LogP contribution is -2.46. The highest BCUT2D eigenvalue weighted by atomic mass is 16.2. The molecule has 2 aliphatic rings. The van der Waals surface area contributed by atoms with Crippen LogP contribution in [0.3, 0.4) is 0 Å². The molecule has 11 heavy (non-hydrogen) atoms. The van der Waals surface area contributed by atoms with Crippen LogP contribution in [0.1, 0.15) is 12.8 Å². The van der Waals surface area contributed by atoms with Gasteiger partial charge in [-0.15, -0.1) is 0 Å². The molecule has 4 heteroatoms. The summed E-state index contributed by atoms with van der Waals surface area (Å²) in [5.41, 5.74) is 0. The van der Waals surface area contributed by atoms with Crippen molar-refractivity contribution in [2.45, 2.75) is 18.9 Å². The van der Waals surface area contributed by atoms with Crippen LogP contribution in [0.25, 0.3) is 0 Å². The van der Waals surface area contributed by atoms with E-state index in [1.807, 2.05) is 0 Å². The summed E-state index contributed by atoms with van der Waals surface area (Å²) in [6.45, 7) is 0.726. The number of amides is 2. The quantitative estimate of drug-likeness (QED) is 0.470. The van der Waals surface area contributed by atoms with Crippen LogP contribution in [0.5, 0.6) is 0 Å². The molecular weight excluding hydrogens is 144 g/mol. The molecule has 4 nitrogen and oxygen atoms in total. The third-order valence-electron chi connectivity index (χ3n) is 2.35. The zero-order valence-corrected chi connectivity index (χ0v) is 6.09. The van der Waals surface area contributed by atoms with Crippen LogP contribution >= 0.6 is 0 Å². The number of carbonyl (C=O) groups excluding carboxylic acids is 2. The summed E-state index contributed by atoms with van der Waals surface area (Å²) in [7, 11) is 0. The van der Waals surface area contributed by atoms with Gasteiger partial charge in [0.15, 0.2) is 0 Å². The molecule has 0 radical (unpaired) electrons. The van der Waals surface area contributed by atoms with Crippen LogP contribution in [0.4, 0.5) is 0 Å². The lowest BCUT2D eigenvalue weighted by Gasteiger charge is -2.22. The summed E-state index contributed by atoms with van der Waals surface area (Å²) in [5.74, 6) is 0.312. The van der Waals surface area contributed by atoms with E-state index in [1.165, 1.54) is 0 Å². The lowest BCUT2D eigenvalue weighted by molar-refractivity contribution is -0.129. The first-order valence-electron chi connectivity index (χ1n) is 3.84. The predicted octanol–water partition coefficient (Wildman–Crippen LogP) is -0.989. The normalized spacial score (nSPS) is 36.0. The third kappa shape index (κ3) is 0.982. The Morgan fingerprint density at radius 1 is 1.36 bits per heavy atom. The molecule has 2 aliphatic heterocycles. The summed E-state index contributed by atoms with van der Waals surface area (Å²) in [6, 6.07) is -0.240. The highest BCUT2D eigenvalue weighted by molar-refractivity contribution is 5.90. The molecule has 0 bridgehead atoms. The standard InChI is InChI=1S/C7H10N2O2/c10-5-2-1-4-3-8-7(11)6(4)9-5/h4,6H,1-3H2,(H,8,11)(H,9,10). The maximum Gasteiger partial charge on any atom is 0.242 e. The van der Waals surface area contributed by atoms with Crippen molar-refractivity contribution in [3.63, 3.8) is 0 Å². The van der Waals surface area contributed by atoms with E-state index in [2.05, 4.69) is 10.6 Å². The van der Waals surface area contributed by atoms with E-state index in [-0.39, 0.29) is 17.9 Å². The van der Waals surface area contributed by atoms with Crippen molar-refractivity contribution in [1.82, 2.24) is 10.6 Å². The lowest BCUT2D eigenvalue weighted by atomic mass is 9.93. The fourth-order valence-electron chi connectivity index (χ4n) is 1.69. The summed E-state index contributed by atoms with van der Waals surface area (Å²) in [6.07, 6.45) is 1.41. The highest BCUT2D eigenvalue weighted by Crippen LogP contribution is 2.20. The van der Waals surface area contributed by atoms with Gasteiger partial charge in [0.05, 0.1) is 0 Å². The van der Waals surface area contributed by atoms with Crippen LogP contribution in [0.15, 0.2) is 0 Å². The fourth-order valence-corrected chi connectivity index (χ4v) is 1.69. The second kappa shape index (κ2) is 2.22. The molecule has 0 aliphatic carbocycles. The van der Waals surface area contributed by atoms with Gasteiger partial charge in [-0.05, 0) is 6.42 Å². The molecule has 2 rings (SSSR count). The van der Waals surface area contributed by atoms with Crippen molar-refractivity contribution in [3.8, 4) is 0 Å². The molecular formula is C7H10N2O2. The van der Waals surface area contributed by atoms with Gasteiger partial charge in [-0.2, -0.15) is 0 Å². The van der Waals surface area contributed by atoms with Gasteiger partial charge in [-0.1, -0.05) is 0 Å². The van der Waals surface area contributed by atoms with Gasteiger partial charge in [0, 0.05) is 18.9 Å². The van der Waals surface area contributed by atoms with E-state index in [1.54, 1.807) is 0 Å². The molecule has 2 fully saturated rings. The van der Waals surface area contributed by atoms with Crippen LogP contribution < -0.4 is 10.6 Å². The number of piperidine rings is 1. The Labute approximate surface area is 64.3 Å². The van der Waals surface area contributed by atoms with Gasteiger partial charge in [-0.3, -0.25) is 9.59 Å². The number of hydrogen-bond acceptors (Lipinski definition) is 2. The Kier molecular flexibility index (Phi) is 1.34. The average Bonchev–Trinajstić information content (AvgIpc) is 2.33. The number of fused-ring (bicyclic) bond motifs is 1. The smallest absolute Gasteiger partial charge is 0.242 e. The number of rotatable bonds is 0. The van der Waals surface area contributed by atoms with Gasteiger partial charge in [-0.25, -0.2) is 0 Å².